The largest absolute Gasteiger partial charge is 0.469 e. The molecule has 0 saturated carbocycles. The lowest BCUT2D eigenvalue weighted by molar-refractivity contribution is 0.508. The molecule has 1 heterocycles. The molecule has 0 radical (unpaired) electrons. The van der Waals surface area contributed by atoms with Gasteiger partial charge in [0.2, 0.25) is 0 Å². The standard InChI is InChI=1S/C14H14ClNO2/c15-14(16-17)10-12-5-3-11(4-6-12)7-8-13-2-1-9-18-13/h1-6,9,14H,7-8,10H2. The molecule has 0 fully saturated rings. The number of alkyl halides is 1. The van der Waals surface area contributed by atoms with Gasteiger partial charge in [-0.2, -0.15) is 0 Å². The molecule has 0 saturated heterocycles. The third-order valence-electron chi connectivity index (χ3n) is 2.78. The molecule has 0 aliphatic rings. The summed E-state index contributed by atoms with van der Waals surface area (Å²) in [7, 11) is 0. The predicted octanol–water partition coefficient (Wildman–Crippen LogP) is 3.94. The number of benzene rings is 1. The third kappa shape index (κ3) is 3.70. The van der Waals surface area contributed by atoms with Gasteiger partial charge in [-0.1, -0.05) is 35.9 Å². The number of hydrogen-bond donors (Lipinski definition) is 0. The van der Waals surface area contributed by atoms with Gasteiger partial charge in [0.1, 0.15) is 5.76 Å². The summed E-state index contributed by atoms with van der Waals surface area (Å²) in [4.78, 5) is 10.2. The Balaban J connectivity index is 1.89. The molecule has 2 aromatic rings. The van der Waals surface area contributed by atoms with Crippen molar-refractivity contribution in [2.75, 3.05) is 0 Å². The zero-order valence-corrected chi connectivity index (χ0v) is 10.6. The lowest BCUT2D eigenvalue weighted by atomic mass is 10.0. The van der Waals surface area contributed by atoms with Crippen LogP contribution < -0.4 is 0 Å². The van der Waals surface area contributed by atoms with Gasteiger partial charge >= 0.3 is 0 Å². The average molecular weight is 264 g/mol. The highest BCUT2D eigenvalue weighted by atomic mass is 35.5. The fourth-order valence-electron chi connectivity index (χ4n) is 1.80. The van der Waals surface area contributed by atoms with Crippen molar-refractivity contribution in [1.82, 2.24) is 0 Å². The van der Waals surface area contributed by atoms with Crippen molar-refractivity contribution in [2.24, 2.45) is 5.18 Å². The van der Waals surface area contributed by atoms with Gasteiger partial charge in [0, 0.05) is 12.8 Å². The molecular weight excluding hydrogens is 250 g/mol. The molecule has 1 atom stereocenters. The summed E-state index contributed by atoms with van der Waals surface area (Å²) in [5.41, 5.74) is 1.58. The Morgan fingerprint density at radius 1 is 1.11 bits per heavy atom. The summed E-state index contributed by atoms with van der Waals surface area (Å²) < 4.78 is 5.28. The van der Waals surface area contributed by atoms with Crippen LogP contribution in [0.25, 0.3) is 0 Å². The Kier molecular flexibility index (Phi) is 4.53. The van der Waals surface area contributed by atoms with Crippen LogP contribution in [0.3, 0.4) is 0 Å². The Labute approximate surface area is 111 Å². The molecular formula is C14H14ClNO2. The number of aryl methyl sites for hydroxylation is 2. The number of furan rings is 1. The fraction of sp³-hybridized carbons (Fsp3) is 0.286. The number of halogens is 1. The minimum Gasteiger partial charge on any atom is -0.469 e. The summed E-state index contributed by atoms with van der Waals surface area (Å²) in [5.74, 6) is 0.991. The van der Waals surface area contributed by atoms with Gasteiger partial charge in [0.15, 0.2) is 5.50 Å². The number of rotatable bonds is 6. The van der Waals surface area contributed by atoms with E-state index in [2.05, 4.69) is 5.18 Å². The van der Waals surface area contributed by atoms with Crippen molar-refractivity contribution in [3.05, 3.63) is 64.5 Å². The molecule has 18 heavy (non-hydrogen) atoms. The Hall–Kier alpha value is -1.61. The minimum atomic E-state index is -0.682. The van der Waals surface area contributed by atoms with Crippen molar-refractivity contribution in [1.29, 1.82) is 0 Å². The molecule has 4 heteroatoms. The van der Waals surface area contributed by atoms with Gasteiger partial charge < -0.3 is 4.42 Å². The number of hydrogen-bond acceptors (Lipinski definition) is 3. The lowest BCUT2D eigenvalue weighted by Gasteiger charge is -2.04. The van der Waals surface area contributed by atoms with Gasteiger partial charge in [-0.25, -0.2) is 0 Å². The first-order chi connectivity index (χ1) is 8.78. The highest BCUT2D eigenvalue weighted by Crippen LogP contribution is 2.13. The molecule has 2 rings (SSSR count). The monoisotopic (exact) mass is 263 g/mol. The van der Waals surface area contributed by atoms with Crippen molar-refractivity contribution >= 4 is 11.6 Å². The van der Waals surface area contributed by atoms with Crippen molar-refractivity contribution in [2.45, 2.75) is 24.8 Å². The normalized spacial score (nSPS) is 12.3. The maximum atomic E-state index is 10.2. The van der Waals surface area contributed by atoms with Crippen molar-refractivity contribution in [3.8, 4) is 0 Å². The van der Waals surface area contributed by atoms with Crippen LogP contribution in [0.4, 0.5) is 0 Å². The second-order valence-electron chi connectivity index (χ2n) is 4.14. The first-order valence-corrected chi connectivity index (χ1v) is 6.28. The molecule has 0 bridgehead atoms. The van der Waals surface area contributed by atoms with E-state index in [0.717, 1.165) is 24.2 Å². The highest BCUT2D eigenvalue weighted by Gasteiger charge is 2.05. The van der Waals surface area contributed by atoms with Crippen LogP contribution in [0.5, 0.6) is 0 Å². The molecule has 94 valence electrons. The first kappa shape index (κ1) is 12.8. The maximum absolute atomic E-state index is 10.2. The van der Waals surface area contributed by atoms with E-state index in [0.29, 0.717) is 6.42 Å². The first-order valence-electron chi connectivity index (χ1n) is 5.84. The summed E-state index contributed by atoms with van der Waals surface area (Å²) in [6, 6.07) is 11.9. The van der Waals surface area contributed by atoms with Crippen LogP contribution >= 0.6 is 11.6 Å². The highest BCUT2D eigenvalue weighted by molar-refractivity contribution is 6.20. The molecule has 0 spiro atoms. The Morgan fingerprint density at radius 3 is 2.44 bits per heavy atom. The van der Waals surface area contributed by atoms with E-state index in [9.17, 15) is 4.91 Å². The maximum Gasteiger partial charge on any atom is 0.169 e. The quantitative estimate of drug-likeness (QED) is 0.450. The second kappa shape index (κ2) is 6.36. The Morgan fingerprint density at radius 2 is 1.83 bits per heavy atom. The molecule has 1 aromatic carbocycles. The smallest absolute Gasteiger partial charge is 0.169 e. The van der Waals surface area contributed by atoms with E-state index < -0.39 is 5.50 Å². The third-order valence-corrected chi connectivity index (χ3v) is 3.02. The molecule has 0 amide bonds. The fourth-order valence-corrected chi connectivity index (χ4v) is 1.97. The van der Waals surface area contributed by atoms with Gasteiger partial charge in [0.25, 0.3) is 0 Å². The van der Waals surface area contributed by atoms with Gasteiger partial charge in [0.05, 0.1) is 6.26 Å². The van der Waals surface area contributed by atoms with E-state index in [4.69, 9.17) is 16.0 Å². The van der Waals surface area contributed by atoms with Crippen LogP contribution in [0.15, 0.2) is 52.3 Å². The lowest BCUT2D eigenvalue weighted by Crippen LogP contribution is -1.98. The van der Waals surface area contributed by atoms with E-state index in [1.54, 1.807) is 6.26 Å². The molecule has 0 aliphatic carbocycles. The average Bonchev–Trinajstić information content (AvgIpc) is 2.91. The number of nitrogens with zero attached hydrogens (tertiary/aromatic N) is 1. The van der Waals surface area contributed by atoms with Crippen molar-refractivity contribution < 1.29 is 4.42 Å². The van der Waals surface area contributed by atoms with E-state index in [-0.39, 0.29) is 0 Å². The molecule has 0 N–H and O–H groups in total. The molecule has 1 unspecified atom stereocenters. The van der Waals surface area contributed by atoms with Gasteiger partial charge in [-0.15, -0.1) is 4.91 Å². The molecule has 1 aromatic heterocycles. The van der Waals surface area contributed by atoms with Crippen molar-refractivity contribution in [3.63, 3.8) is 0 Å². The van der Waals surface area contributed by atoms with E-state index in [1.807, 2.05) is 36.4 Å². The summed E-state index contributed by atoms with van der Waals surface area (Å²) >= 11 is 5.68. The summed E-state index contributed by atoms with van der Waals surface area (Å²) in [5, 5.41) is 2.78. The number of nitroso groups, excluding NO2 is 1. The summed E-state index contributed by atoms with van der Waals surface area (Å²) in [6.07, 6.45) is 3.99. The van der Waals surface area contributed by atoms with E-state index in [1.165, 1.54) is 5.56 Å². The zero-order valence-electron chi connectivity index (χ0n) is 9.88. The Bertz CT molecular complexity index is 479. The van der Waals surface area contributed by atoms with Crippen LogP contribution in [0.2, 0.25) is 0 Å². The topological polar surface area (TPSA) is 42.6 Å². The SMILES string of the molecule is O=NC(Cl)Cc1ccc(CCc2ccco2)cc1. The summed E-state index contributed by atoms with van der Waals surface area (Å²) in [6.45, 7) is 0. The zero-order chi connectivity index (χ0) is 12.8. The van der Waals surface area contributed by atoms with Crippen LogP contribution in [0, 0.1) is 4.91 Å². The van der Waals surface area contributed by atoms with Gasteiger partial charge in [-0.05, 0) is 34.9 Å². The van der Waals surface area contributed by atoms with Gasteiger partial charge in [-0.3, -0.25) is 0 Å². The minimum absolute atomic E-state index is 0.476. The molecule has 3 nitrogen and oxygen atoms in total. The van der Waals surface area contributed by atoms with E-state index >= 15 is 0 Å². The van der Waals surface area contributed by atoms with Crippen LogP contribution in [0.1, 0.15) is 16.9 Å². The van der Waals surface area contributed by atoms with Crippen LogP contribution in [-0.2, 0) is 19.3 Å². The van der Waals surface area contributed by atoms with Crippen LogP contribution in [-0.4, -0.2) is 5.50 Å². The second-order valence-corrected chi connectivity index (χ2v) is 4.64. The molecule has 0 aliphatic heterocycles. The predicted molar refractivity (Wildman–Crippen MR) is 71.7 cm³/mol.